The van der Waals surface area contributed by atoms with Gasteiger partial charge in [0, 0.05) is 31.1 Å². The first-order valence-corrected chi connectivity index (χ1v) is 15.5. The van der Waals surface area contributed by atoms with Crippen molar-refractivity contribution in [3.05, 3.63) is 79.2 Å². The fourth-order valence-electron chi connectivity index (χ4n) is 6.07. The molecule has 2 aromatic heterocycles. The van der Waals surface area contributed by atoms with E-state index >= 15 is 8.78 Å². The van der Waals surface area contributed by atoms with Gasteiger partial charge in [-0.05, 0) is 49.8 Å². The monoisotopic (exact) mass is 687 g/mol. The quantitative estimate of drug-likeness (QED) is 0.139. The van der Waals surface area contributed by atoms with Crippen LogP contribution in [0.4, 0.5) is 20.2 Å². The van der Waals surface area contributed by atoms with Gasteiger partial charge in [-0.15, -0.1) is 0 Å². The number of amides is 1. The summed E-state index contributed by atoms with van der Waals surface area (Å²) >= 11 is 18.9. The van der Waals surface area contributed by atoms with Crippen molar-refractivity contribution >= 4 is 68.8 Å². The average Bonchev–Trinajstić information content (AvgIpc) is 3.02. The number of nitrogen functional groups attached to an aromatic ring is 1. The molecule has 1 amide bonds. The Bertz CT molecular complexity index is 1950. The van der Waals surface area contributed by atoms with Crippen molar-refractivity contribution < 1.29 is 13.6 Å². The van der Waals surface area contributed by atoms with E-state index in [4.69, 9.17) is 45.5 Å². The minimum atomic E-state index is -1.16. The van der Waals surface area contributed by atoms with Gasteiger partial charge in [0.25, 0.3) is 5.56 Å². The van der Waals surface area contributed by atoms with Gasteiger partial charge < -0.3 is 20.9 Å². The normalized spacial score (nSPS) is 18.3. The van der Waals surface area contributed by atoms with Crippen molar-refractivity contribution in [3.8, 4) is 17.3 Å². The lowest BCUT2D eigenvalue weighted by Crippen LogP contribution is -2.54. The van der Waals surface area contributed by atoms with Gasteiger partial charge in [0.05, 0.1) is 44.4 Å². The Morgan fingerprint density at radius 2 is 1.93 bits per heavy atom. The summed E-state index contributed by atoms with van der Waals surface area (Å²) in [7, 11) is 0. The molecule has 0 aliphatic carbocycles. The fourth-order valence-corrected chi connectivity index (χ4v) is 6.81. The van der Waals surface area contributed by atoms with Crippen LogP contribution in [-0.2, 0) is 4.79 Å². The number of carbonyl (C=O) groups is 1. The lowest BCUT2D eigenvalue weighted by molar-refractivity contribution is -0.128. The molecule has 1 fully saturated rings. The fraction of sp³-hybridized carbons (Fsp3) is 0.312. The molecule has 0 saturated carbocycles. The minimum absolute atomic E-state index is 0.0251. The first-order valence-electron chi connectivity index (χ1n) is 14.4. The molecule has 240 valence electrons. The molecule has 2 atom stereocenters. The number of anilines is 2. The number of allylic oxidation sites excluding steroid dienone is 2. The number of fused-ring (bicyclic) bond motifs is 1. The number of rotatable bonds is 5. The van der Waals surface area contributed by atoms with Crippen LogP contribution in [0.25, 0.3) is 28.0 Å². The van der Waals surface area contributed by atoms with Crippen LogP contribution in [0.1, 0.15) is 33.3 Å². The number of nitrogens with zero attached hydrogens (tertiary/aromatic N) is 5. The molecule has 3 aromatic rings. The summed E-state index contributed by atoms with van der Waals surface area (Å²) in [4.78, 5) is 35.1. The van der Waals surface area contributed by atoms with Gasteiger partial charge in [-0.3, -0.25) is 14.2 Å². The molecule has 0 radical (unpaired) electrons. The van der Waals surface area contributed by atoms with Crippen molar-refractivity contribution in [1.29, 1.82) is 5.26 Å². The third-order valence-electron chi connectivity index (χ3n) is 8.34. The molecule has 14 heteroatoms. The number of dihydropyridines is 1. The molecule has 2 aliphatic heterocycles. The standard InChI is InChI=1S/C32H30Cl3F2N7O2/c1-6-20(45)43-10-9-42(13-16(43)5)30-17-11-19(33)28(21-22(34)25(37)23(35)26(39)24(21)36)41-31(17)44(32(46)18(30)12-38)29-15(4)7-8-40-27(29)14(2)3/h6-8,11,14,16,27,40H,1,9-10,13,39H2,2-5H3/t16-,27?/m1/s1. The van der Waals surface area contributed by atoms with Crippen LogP contribution in [0.2, 0.25) is 15.1 Å². The Kier molecular flexibility index (Phi) is 9.10. The summed E-state index contributed by atoms with van der Waals surface area (Å²) in [5, 5.41) is 12.5. The second-order valence-corrected chi connectivity index (χ2v) is 12.7. The van der Waals surface area contributed by atoms with Gasteiger partial charge >= 0.3 is 0 Å². The van der Waals surface area contributed by atoms with E-state index in [0.717, 1.165) is 0 Å². The maximum absolute atomic E-state index is 15.6. The van der Waals surface area contributed by atoms with Crippen molar-refractivity contribution in [1.82, 2.24) is 19.8 Å². The van der Waals surface area contributed by atoms with Crippen molar-refractivity contribution in [2.75, 3.05) is 30.3 Å². The third-order valence-corrected chi connectivity index (χ3v) is 9.35. The lowest BCUT2D eigenvalue weighted by atomic mass is 9.94. The van der Waals surface area contributed by atoms with Gasteiger partial charge in [-0.2, -0.15) is 5.26 Å². The van der Waals surface area contributed by atoms with Crippen LogP contribution in [0.3, 0.4) is 0 Å². The van der Waals surface area contributed by atoms with Gasteiger partial charge in [0.1, 0.15) is 22.3 Å². The van der Waals surface area contributed by atoms with E-state index in [0.29, 0.717) is 23.2 Å². The Balaban J connectivity index is 1.91. The number of aromatic nitrogens is 2. The van der Waals surface area contributed by atoms with Crippen LogP contribution in [-0.4, -0.2) is 52.1 Å². The molecular weight excluding hydrogens is 659 g/mol. The summed E-state index contributed by atoms with van der Waals surface area (Å²) in [5.41, 5.74) is 4.94. The third kappa shape index (κ3) is 5.28. The Labute approximate surface area is 279 Å². The van der Waals surface area contributed by atoms with Crippen LogP contribution in [0.5, 0.6) is 0 Å². The van der Waals surface area contributed by atoms with Crippen LogP contribution in [0.15, 0.2) is 41.4 Å². The highest BCUT2D eigenvalue weighted by molar-refractivity contribution is 6.39. The number of pyridine rings is 2. The summed E-state index contributed by atoms with van der Waals surface area (Å²) in [5.74, 6) is -2.56. The van der Waals surface area contributed by atoms with Gasteiger partial charge in [0.15, 0.2) is 11.6 Å². The predicted molar refractivity (Wildman–Crippen MR) is 179 cm³/mol. The first-order chi connectivity index (χ1) is 21.7. The average molecular weight is 689 g/mol. The molecule has 4 heterocycles. The lowest BCUT2D eigenvalue weighted by Gasteiger charge is -2.41. The molecule has 46 heavy (non-hydrogen) atoms. The first kappa shape index (κ1) is 33.3. The van der Waals surface area contributed by atoms with Crippen molar-refractivity contribution in [2.24, 2.45) is 5.92 Å². The smallest absolute Gasteiger partial charge is 0.276 e. The highest BCUT2D eigenvalue weighted by atomic mass is 35.5. The zero-order chi connectivity index (χ0) is 33.8. The zero-order valence-electron chi connectivity index (χ0n) is 25.4. The summed E-state index contributed by atoms with van der Waals surface area (Å²) in [6, 6.07) is 2.85. The van der Waals surface area contributed by atoms with E-state index in [1.54, 1.807) is 17.2 Å². The largest absolute Gasteiger partial charge is 0.395 e. The molecule has 3 N–H and O–H groups in total. The molecule has 1 aromatic carbocycles. The second-order valence-electron chi connectivity index (χ2n) is 11.5. The highest BCUT2D eigenvalue weighted by Gasteiger charge is 2.34. The molecule has 1 saturated heterocycles. The number of nitrogens with one attached hydrogen (secondary N) is 1. The SMILES string of the molecule is C=CC(=O)N1CCN(c2c(C#N)c(=O)n(C3=C(C)C=CNC3C(C)C)c3nc(-c4c(F)c(N)c(Cl)c(F)c4Cl)c(Cl)cc23)C[C@H]1C. The number of hydrogen-bond donors (Lipinski definition) is 2. The van der Waals surface area contributed by atoms with E-state index in [9.17, 15) is 14.9 Å². The number of piperazine rings is 1. The van der Waals surface area contributed by atoms with E-state index in [1.807, 2.05) is 32.6 Å². The Morgan fingerprint density at radius 3 is 2.54 bits per heavy atom. The summed E-state index contributed by atoms with van der Waals surface area (Å²) < 4.78 is 32.0. The molecular formula is C32H30Cl3F2N7O2. The number of nitrogens with two attached hydrogens (primary N) is 1. The molecule has 9 nitrogen and oxygen atoms in total. The van der Waals surface area contributed by atoms with E-state index in [1.165, 1.54) is 16.7 Å². The predicted octanol–water partition coefficient (Wildman–Crippen LogP) is 6.35. The number of benzene rings is 1. The van der Waals surface area contributed by atoms with E-state index < -0.39 is 38.5 Å². The number of halogens is 5. The van der Waals surface area contributed by atoms with E-state index in [2.05, 4.69) is 18.0 Å². The van der Waals surface area contributed by atoms with Crippen LogP contribution in [0, 0.1) is 28.9 Å². The molecule has 0 bridgehead atoms. The zero-order valence-corrected chi connectivity index (χ0v) is 27.7. The van der Waals surface area contributed by atoms with Crippen LogP contribution < -0.4 is 21.5 Å². The summed E-state index contributed by atoms with van der Waals surface area (Å²) in [6.45, 7) is 12.0. The van der Waals surface area contributed by atoms with Gasteiger partial charge in [-0.25, -0.2) is 13.8 Å². The molecule has 1 unspecified atom stereocenters. The van der Waals surface area contributed by atoms with Crippen molar-refractivity contribution in [3.63, 3.8) is 0 Å². The number of hydrogen-bond acceptors (Lipinski definition) is 7. The van der Waals surface area contributed by atoms with E-state index in [-0.39, 0.29) is 64.6 Å². The topological polar surface area (TPSA) is 120 Å². The molecule has 0 spiro atoms. The Morgan fingerprint density at radius 1 is 1.24 bits per heavy atom. The van der Waals surface area contributed by atoms with Crippen molar-refractivity contribution in [2.45, 2.75) is 39.8 Å². The van der Waals surface area contributed by atoms with Gasteiger partial charge in [-0.1, -0.05) is 55.2 Å². The summed E-state index contributed by atoms with van der Waals surface area (Å²) in [6.07, 6.45) is 4.79. The highest BCUT2D eigenvalue weighted by Crippen LogP contribution is 2.44. The molecule has 2 aliphatic rings. The Hall–Kier alpha value is -4.11. The number of nitriles is 1. The molecule has 5 rings (SSSR count). The maximum Gasteiger partial charge on any atom is 0.276 e. The second kappa shape index (κ2) is 12.6. The number of carbonyl (C=O) groups excluding carboxylic acids is 1. The minimum Gasteiger partial charge on any atom is -0.395 e. The van der Waals surface area contributed by atoms with Crippen LogP contribution >= 0.6 is 34.8 Å². The maximum atomic E-state index is 15.6. The van der Waals surface area contributed by atoms with Gasteiger partial charge in [0.2, 0.25) is 5.91 Å².